The minimum Gasteiger partial charge on any atom is -0.505 e. The third-order valence-corrected chi connectivity index (χ3v) is 6.18. The molecule has 1 unspecified atom stereocenters. The Morgan fingerprint density at radius 3 is 2.64 bits per heavy atom. The fourth-order valence-corrected chi connectivity index (χ4v) is 4.03. The van der Waals surface area contributed by atoms with Gasteiger partial charge in [0.1, 0.15) is 17.0 Å². The minimum absolute atomic E-state index is 0.178. The van der Waals surface area contributed by atoms with Crippen LogP contribution in [0.2, 0.25) is 0 Å². The molecule has 1 aromatic heterocycles. The first-order chi connectivity index (χ1) is 15.7. The number of aryl methyl sites for hydroxylation is 1. The van der Waals surface area contributed by atoms with Crippen LogP contribution in [0, 0.1) is 5.92 Å². The number of ether oxygens (including phenoxy) is 1. The quantitative estimate of drug-likeness (QED) is 0.376. The summed E-state index contributed by atoms with van der Waals surface area (Å²) < 4.78 is 7.25. The van der Waals surface area contributed by atoms with Crippen molar-refractivity contribution in [2.75, 3.05) is 6.61 Å². The molecule has 0 aliphatic heterocycles. The van der Waals surface area contributed by atoms with E-state index in [4.69, 9.17) is 4.74 Å². The molecular formula is C27H37N3O3. The summed E-state index contributed by atoms with van der Waals surface area (Å²) in [6.07, 6.45) is 5.28. The maximum Gasteiger partial charge on any atom is 0.306 e. The van der Waals surface area contributed by atoms with E-state index in [0.29, 0.717) is 31.1 Å². The van der Waals surface area contributed by atoms with Crippen molar-refractivity contribution in [1.29, 1.82) is 0 Å². The van der Waals surface area contributed by atoms with E-state index in [2.05, 4.69) is 44.9 Å². The van der Waals surface area contributed by atoms with Gasteiger partial charge in [0.25, 0.3) is 0 Å². The molecule has 0 bridgehead atoms. The summed E-state index contributed by atoms with van der Waals surface area (Å²) in [6, 6.07) is 11.5. The van der Waals surface area contributed by atoms with Gasteiger partial charge >= 0.3 is 5.97 Å². The fourth-order valence-electron chi connectivity index (χ4n) is 4.03. The van der Waals surface area contributed by atoms with Gasteiger partial charge in [-0.2, -0.15) is 0 Å². The van der Waals surface area contributed by atoms with Gasteiger partial charge in [-0.15, -0.1) is 5.10 Å². The van der Waals surface area contributed by atoms with Crippen molar-refractivity contribution in [2.24, 2.45) is 5.92 Å². The van der Waals surface area contributed by atoms with Crippen molar-refractivity contribution in [3.8, 4) is 11.4 Å². The van der Waals surface area contributed by atoms with Crippen LogP contribution in [0.25, 0.3) is 16.7 Å². The molecule has 1 heterocycles. The van der Waals surface area contributed by atoms with E-state index in [1.165, 1.54) is 6.42 Å². The largest absolute Gasteiger partial charge is 0.505 e. The third-order valence-electron chi connectivity index (χ3n) is 6.18. The molecule has 6 nitrogen and oxygen atoms in total. The van der Waals surface area contributed by atoms with Gasteiger partial charge in [0.2, 0.25) is 0 Å². The molecule has 2 aromatic carbocycles. The molecule has 1 atom stereocenters. The topological polar surface area (TPSA) is 77.2 Å². The number of phenolic OH excluding ortho intramolecular Hbond substituents is 1. The summed E-state index contributed by atoms with van der Waals surface area (Å²) in [4.78, 5) is 12.4. The molecule has 3 rings (SSSR count). The number of aromatic hydroxyl groups is 1. The molecule has 0 amide bonds. The molecule has 0 aliphatic carbocycles. The van der Waals surface area contributed by atoms with Crippen molar-refractivity contribution in [3.63, 3.8) is 0 Å². The van der Waals surface area contributed by atoms with Crippen molar-refractivity contribution in [1.82, 2.24) is 15.0 Å². The highest BCUT2D eigenvalue weighted by Gasteiger charge is 2.23. The summed E-state index contributed by atoms with van der Waals surface area (Å²) in [5.74, 6) is 0.441. The molecule has 0 saturated heterocycles. The van der Waals surface area contributed by atoms with Crippen molar-refractivity contribution >= 4 is 17.0 Å². The zero-order valence-corrected chi connectivity index (χ0v) is 20.6. The van der Waals surface area contributed by atoms with E-state index in [0.717, 1.165) is 41.4 Å². The Morgan fingerprint density at radius 1 is 1.18 bits per heavy atom. The van der Waals surface area contributed by atoms with Crippen molar-refractivity contribution in [3.05, 3.63) is 47.5 Å². The van der Waals surface area contributed by atoms with Crippen LogP contribution in [0.4, 0.5) is 0 Å². The monoisotopic (exact) mass is 451 g/mol. The number of esters is 1. The van der Waals surface area contributed by atoms with E-state index < -0.39 is 0 Å². The molecule has 0 spiro atoms. The maximum atomic E-state index is 12.4. The van der Waals surface area contributed by atoms with Crippen LogP contribution in [0.15, 0.2) is 36.4 Å². The highest BCUT2D eigenvalue weighted by atomic mass is 16.5. The predicted octanol–water partition coefficient (Wildman–Crippen LogP) is 6.12. The normalized spacial score (nSPS) is 12.8. The van der Waals surface area contributed by atoms with Crippen LogP contribution in [-0.2, 0) is 21.4 Å². The molecule has 33 heavy (non-hydrogen) atoms. The zero-order valence-electron chi connectivity index (χ0n) is 20.6. The Morgan fingerprint density at radius 2 is 1.94 bits per heavy atom. The molecule has 1 N–H and O–H groups in total. The molecule has 0 aliphatic rings. The minimum atomic E-state index is -0.278. The summed E-state index contributed by atoms with van der Waals surface area (Å²) >= 11 is 0. The standard InChI is InChI=1S/C27H37N3O3/c1-6-8-11-19(7-2)18-33-25(31)15-14-20-16-21(27(3,4)5)26(32)24(17-20)30-23-13-10-9-12-22(23)28-29-30/h9-10,12-13,16-17,19,32H,6-8,11,14-15,18H2,1-5H3. The van der Waals surface area contributed by atoms with Crippen LogP contribution < -0.4 is 0 Å². The second-order valence-corrected chi connectivity index (χ2v) is 9.85. The first-order valence-electron chi connectivity index (χ1n) is 12.1. The zero-order chi connectivity index (χ0) is 24.0. The van der Waals surface area contributed by atoms with Crippen LogP contribution in [-0.4, -0.2) is 32.7 Å². The van der Waals surface area contributed by atoms with Crippen molar-refractivity contribution < 1.29 is 14.6 Å². The van der Waals surface area contributed by atoms with Crippen LogP contribution in [0.3, 0.4) is 0 Å². The van der Waals surface area contributed by atoms with Gasteiger partial charge in [0, 0.05) is 12.0 Å². The second-order valence-electron chi connectivity index (χ2n) is 9.85. The highest BCUT2D eigenvalue weighted by molar-refractivity contribution is 5.77. The number of hydrogen-bond donors (Lipinski definition) is 1. The number of carbonyl (C=O) groups is 1. The molecule has 0 fully saturated rings. The smallest absolute Gasteiger partial charge is 0.306 e. The average Bonchev–Trinajstić information content (AvgIpc) is 3.21. The lowest BCUT2D eigenvalue weighted by Crippen LogP contribution is -2.15. The molecule has 3 aromatic rings. The predicted molar refractivity (Wildman–Crippen MR) is 132 cm³/mol. The van der Waals surface area contributed by atoms with Gasteiger partial charge in [-0.3, -0.25) is 4.79 Å². The Labute approximate surface area is 197 Å². The number of hydrogen-bond acceptors (Lipinski definition) is 5. The second kappa shape index (κ2) is 10.8. The molecule has 178 valence electrons. The Balaban J connectivity index is 1.81. The van der Waals surface area contributed by atoms with Crippen molar-refractivity contribution in [2.45, 2.75) is 78.6 Å². The summed E-state index contributed by atoms with van der Waals surface area (Å²) in [6.45, 7) is 11.0. The lowest BCUT2D eigenvalue weighted by molar-refractivity contribution is -0.145. The van der Waals surface area contributed by atoms with E-state index in [9.17, 15) is 9.90 Å². The van der Waals surface area contributed by atoms with Gasteiger partial charge < -0.3 is 9.84 Å². The number of phenols is 1. The van der Waals surface area contributed by atoms with Gasteiger partial charge in [-0.25, -0.2) is 4.68 Å². The summed E-state index contributed by atoms with van der Waals surface area (Å²) in [7, 11) is 0. The van der Waals surface area contributed by atoms with Crippen LogP contribution in [0.1, 0.15) is 77.8 Å². The number of aromatic nitrogens is 3. The third kappa shape index (κ3) is 6.12. The van der Waals surface area contributed by atoms with Gasteiger partial charge in [-0.1, -0.05) is 77.3 Å². The Hall–Kier alpha value is -2.89. The van der Waals surface area contributed by atoms with E-state index in [-0.39, 0.29) is 17.1 Å². The average molecular weight is 452 g/mol. The summed E-state index contributed by atoms with van der Waals surface area (Å²) in [5, 5.41) is 19.6. The fraction of sp³-hybridized carbons (Fsp3) is 0.519. The van der Waals surface area contributed by atoms with Crippen LogP contribution in [0.5, 0.6) is 5.75 Å². The molecule has 0 saturated carbocycles. The number of benzene rings is 2. The Kier molecular flexibility index (Phi) is 8.11. The number of carbonyl (C=O) groups excluding carboxylic acids is 1. The highest BCUT2D eigenvalue weighted by Crippen LogP contribution is 2.37. The van der Waals surface area contributed by atoms with Gasteiger partial charge in [-0.05, 0) is 47.9 Å². The maximum absolute atomic E-state index is 12.4. The number of para-hydroxylation sites is 1. The van der Waals surface area contributed by atoms with Gasteiger partial charge in [0.15, 0.2) is 0 Å². The lowest BCUT2D eigenvalue weighted by Gasteiger charge is -2.23. The Bertz CT molecular complexity index is 1080. The van der Waals surface area contributed by atoms with Crippen LogP contribution >= 0.6 is 0 Å². The van der Waals surface area contributed by atoms with E-state index >= 15 is 0 Å². The lowest BCUT2D eigenvalue weighted by atomic mass is 9.84. The van der Waals surface area contributed by atoms with Gasteiger partial charge in [0.05, 0.1) is 12.1 Å². The summed E-state index contributed by atoms with van der Waals surface area (Å²) in [5.41, 5.74) is 3.65. The first kappa shape index (κ1) is 24.7. The SMILES string of the molecule is CCCCC(CC)COC(=O)CCc1cc(-n2nnc3ccccc32)c(O)c(C(C)(C)C)c1. The van der Waals surface area contributed by atoms with E-state index in [1.807, 2.05) is 36.4 Å². The van der Waals surface area contributed by atoms with E-state index in [1.54, 1.807) is 4.68 Å². The number of rotatable bonds is 10. The molecule has 6 heteroatoms. The number of unbranched alkanes of at least 4 members (excludes halogenated alkanes) is 1. The molecular weight excluding hydrogens is 414 g/mol. The molecule has 0 radical (unpaired) electrons. The first-order valence-corrected chi connectivity index (χ1v) is 12.1. The number of nitrogens with zero attached hydrogens (tertiary/aromatic N) is 3. The number of fused-ring (bicyclic) bond motifs is 1.